The largest absolute Gasteiger partial charge is 0.476 e. The van der Waals surface area contributed by atoms with Crippen LogP contribution in [0.4, 0.5) is 0 Å². The normalized spacial score (nSPS) is 14.9. The number of hydrogen-bond acceptors (Lipinski definition) is 8. The first-order valence-electron chi connectivity index (χ1n) is 10.3. The molecule has 1 aliphatic rings. The molecular formula is C24H31NO7. The molecule has 2 rings (SSSR count). The predicted octanol–water partition coefficient (Wildman–Crippen LogP) is 3.33. The number of methoxy groups -OCH3 is 2. The summed E-state index contributed by atoms with van der Waals surface area (Å²) >= 11 is 0. The van der Waals surface area contributed by atoms with Gasteiger partial charge in [0, 0.05) is 18.4 Å². The summed E-state index contributed by atoms with van der Waals surface area (Å²) in [7, 11) is 4.38. The van der Waals surface area contributed by atoms with E-state index in [9.17, 15) is 14.4 Å². The van der Waals surface area contributed by atoms with Gasteiger partial charge in [-0.2, -0.15) is 0 Å². The molecule has 8 heteroatoms. The number of carbonyl (C=O) groups excluding carboxylic acids is 3. The molecule has 0 aliphatic carbocycles. The highest BCUT2D eigenvalue weighted by Gasteiger charge is 2.39. The maximum atomic E-state index is 12.7. The van der Waals surface area contributed by atoms with Gasteiger partial charge in [0.2, 0.25) is 0 Å². The van der Waals surface area contributed by atoms with E-state index in [1.165, 1.54) is 14.2 Å². The van der Waals surface area contributed by atoms with Gasteiger partial charge in [-0.25, -0.2) is 14.4 Å². The quantitative estimate of drug-likeness (QED) is 0.466. The summed E-state index contributed by atoms with van der Waals surface area (Å²) in [6, 6.07) is 6.87. The Kier molecular flexibility index (Phi) is 7.72. The Bertz CT molecular complexity index is 917. The van der Waals surface area contributed by atoms with Crippen molar-refractivity contribution in [2.45, 2.75) is 46.1 Å². The topological polar surface area (TPSA) is 91.4 Å². The third kappa shape index (κ3) is 4.79. The molecule has 32 heavy (non-hydrogen) atoms. The van der Waals surface area contributed by atoms with E-state index < -0.39 is 29.4 Å². The highest BCUT2D eigenvalue weighted by Crippen LogP contribution is 2.42. The lowest BCUT2D eigenvalue weighted by molar-refractivity contribution is -0.158. The Labute approximate surface area is 188 Å². The van der Waals surface area contributed by atoms with Gasteiger partial charge in [-0.3, -0.25) is 0 Å². The molecule has 1 aromatic rings. The Morgan fingerprint density at radius 2 is 1.41 bits per heavy atom. The Morgan fingerprint density at radius 1 is 0.938 bits per heavy atom. The van der Waals surface area contributed by atoms with Gasteiger partial charge in [-0.1, -0.05) is 12.1 Å². The average Bonchev–Trinajstić information content (AvgIpc) is 2.76. The molecule has 1 aliphatic heterocycles. The molecule has 1 heterocycles. The molecule has 0 spiro atoms. The zero-order chi connectivity index (χ0) is 24.2. The molecule has 0 N–H and O–H groups in total. The predicted molar refractivity (Wildman–Crippen MR) is 118 cm³/mol. The van der Waals surface area contributed by atoms with E-state index in [0.29, 0.717) is 33.9 Å². The fourth-order valence-electron chi connectivity index (χ4n) is 3.63. The zero-order valence-corrected chi connectivity index (χ0v) is 19.9. The number of hydrogen-bond donors (Lipinski definition) is 0. The van der Waals surface area contributed by atoms with Crippen LogP contribution in [0.15, 0.2) is 46.8 Å². The molecule has 0 fully saturated rings. The molecule has 8 nitrogen and oxygen atoms in total. The van der Waals surface area contributed by atoms with Crippen molar-refractivity contribution in [3.63, 3.8) is 0 Å². The lowest BCUT2D eigenvalue weighted by Crippen LogP contribution is -2.39. The third-order valence-corrected chi connectivity index (χ3v) is 5.53. The second kappa shape index (κ2) is 9.89. The summed E-state index contributed by atoms with van der Waals surface area (Å²) < 4.78 is 20.9. The third-order valence-electron chi connectivity index (χ3n) is 5.53. The lowest BCUT2D eigenvalue weighted by atomic mass is 9.80. The van der Waals surface area contributed by atoms with Crippen LogP contribution in [0.5, 0.6) is 5.75 Å². The van der Waals surface area contributed by atoms with Gasteiger partial charge < -0.3 is 23.8 Å². The summed E-state index contributed by atoms with van der Waals surface area (Å²) in [4.78, 5) is 39.3. The van der Waals surface area contributed by atoms with E-state index in [1.54, 1.807) is 70.8 Å². The number of ether oxygens (including phenoxy) is 4. The van der Waals surface area contributed by atoms with Gasteiger partial charge in [-0.05, 0) is 52.3 Å². The number of rotatable bonds is 7. The van der Waals surface area contributed by atoms with E-state index in [0.717, 1.165) is 0 Å². The van der Waals surface area contributed by atoms with Gasteiger partial charge in [0.25, 0.3) is 0 Å². The number of carbonyl (C=O) groups is 3. The van der Waals surface area contributed by atoms with Crippen molar-refractivity contribution in [1.29, 1.82) is 0 Å². The second-order valence-electron chi connectivity index (χ2n) is 7.88. The van der Waals surface area contributed by atoms with Crippen molar-refractivity contribution in [3.8, 4) is 5.75 Å². The summed E-state index contributed by atoms with van der Waals surface area (Å²) in [5.74, 6) is -1.77. The first-order valence-corrected chi connectivity index (χ1v) is 10.3. The van der Waals surface area contributed by atoms with Gasteiger partial charge in [0.1, 0.15) is 5.75 Å². The summed E-state index contributed by atoms with van der Waals surface area (Å²) in [6.07, 6.45) is 0. The molecule has 0 amide bonds. The molecule has 0 aromatic heterocycles. The highest BCUT2D eigenvalue weighted by molar-refractivity contribution is 5.99. The van der Waals surface area contributed by atoms with Crippen molar-refractivity contribution in [2.75, 3.05) is 27.9 Å². The molecule has 0 saturated carbocycles. The van der Waals surface area contributed by atoms with E-state index in [1.807, 2.05) is 0 Å². The minimum absolute atomic E-state index is 0.255. The van der Waals surface area contributed by atoms with Crippen LogP contribution in [-0.2, 0) is 28.6 Å². The Morgan fingerprint density at radius 3 is 1.81 bits per heavy atom. The van der Waals surface area contributed by atoms with Crippen LogP contribution in [0.25, 0.3) is 0 Å². The van der Waals surface area contributed by atoms with Crippen molar-refractivity contribution in [1.82, 2.24) is 4.90 Å². The molecule has 0 unspecified atom stereocenters. The fourth-order valence-corrected chi connectivity index (χ4v) is 3.63. The van der Waals surface area contributed by atoms with Gasteiger partial charge in [0.15, 0.2) is 5.60 Å². The van der Waals surface area contributed by atoms with E-state index in [-0.39, 0.29) is 6.61 Å². The molecule has 0 saturated heterocycles. The standard InChI is InChI=1S/C24H31NO7/c1-9-31-23(28)24(4,5)32-17-12-10-16(11-13-17)20-18(21(26)29-7)14(2)25(6)15(3)19(20)22(27)30-8/h10-13,20H,9H2,1-8H3. The summed E-state index contributed by atoms with van der Waals surface area (Å²) in [5.41, 5.74) is 1.56. The van der Waals surface area contributed by atoms with Crippen molar-refractivity contribution < 1.29 is 33.3 Å². The number of nitrogens with zero attached hydrogens (tertiary/aromatic N) is 1. The molecule has 0 radical (unpaired) electrons. The maximum absolute atomic E-state index is 12.7. The molecular weight excluding hydrogens is 414 g/mol. The molecule has 174 valence electrons. The van der Waals surface area contributed by atoms with E-state index in [4.69, 9.17) is 18.9 Å². The van der Waals surface area contributed by atoms with Crippen molar-refractivity contribution in [3.05, 3.63) is 52.4 Å². The van der Waals surface area contributed by atoms with Gasteiger partial charge in [0.05, 0.1) is 37.9 Å². The zero-order valence-electron chi connectivity index (χ0n) is 19.9. The number of esters is 3. The average molecular weight is 446 g/mol. The van der Waals surface area contributed by atoms with Crippen molar-refractivity contribution >= 4 is 17.9 Å². The summed E-state index contributed by atoms with van der Waals surface area (Å²) in [5, 5.41) is 0. The number of benzene rings is 1. The SMILES string of the molecule is CCOC(=O)C(C)(C)Oc1ccc(C2C(C(=O)OC)=C(C)N(C)C(C)=C2C(=O)OC)cc1. The van der Waals surface area contributed by atoms with E-state index in [2.05, 4.69) is 0 Å². The van der Waals surface area contributed by atoms with Crippen LogP contribution in [0.3, 0.4) is 0 Å². The van der Waals surface area contributed by atoms with Gasteiger partial charge in [-0.15, -0.1) is 0 Å². The molecule has 0 bridgehead atoms. The monoisotopic (exact) mass is 445 g/mol. The van der Waals surface area contributed by atoms with Crippen LogP contribution >= 0.6 is 0 Å². The van der Waals surface area contributed by atoms with Crippen LogP contribution in [0, 0.1) is 0 Å². The highest BCUT2D eigenvalue weighted by atomic mass is 16.6. The molecule has 0 atom stereocenters. The van der Waals surface area contributed by atoms with Gasteiger partial charge >= 0.3 is 17.9 Å². The van der Waals surface area contributed by atoms with Crippen LogP contribution in [0.2, 0.25) is 0 Å². The first-order chi connectivity index (χ1) is 15.0. The van der Waals surface area contributed by atoms with Crippen LogP contribution in [0.1, 0.15) is 46.1 Å². The summed E-state index contributed by atoms with van der Waals surface area (Å²) in [6.45, 7) is 8.84. The minimum Gasteiger partial charge on any atom is -0.476 e. The maximum Gasteiger partial charge on any atom is 0.349 e. The van der Waals surface area contributed by atoms with Crippen LogP contribution in [-0.4, -0.2) is 56.3 Å². The Hall–Kier alpha value is -3.29. The fraction of sp³-hybridized carbons (Fsp3) is 0.458. The minimum atomic E-state index is -1.17. The van der Waals surface area contributed by atoms with E-state index >= 15 is 0 Å². The smallest absolute Gasteiger partial charge is 0.349 e. The molecule has 1 aromatic carbocycles. The number of allylic oxidation sites excluding steroid dienone is 2. The Balaban J connectivity index is 2.52. The second-order valence-corrected chi connectivity index (χ2v) is 7.88. The van der Waals surface area contributed by atoms with Crippen LogP contribution < -0.4 is 4.74 Å². The lowest BCUT2D eigenvalue weighted by Gasteiger charge is -2.35. The van der Waals surface area contributed by atoms with Crippen molar-refractivity contribution in [2.24, 2.45) is 0 Å². The first kappa shape index (κ1) is 25.0.